The summed E-state index contributed by atoms with van der Waals surface area (Å²) in [5.74, 6) is 1.03. The summed E-state index contributed by atoms with van der Waals surface area (Å²) in [6, 6.07) is 8.93. The lowest BCUT2D eigenvalue weighted by Crippen LogP contribution is -1.93. The molecule has 1 heterocycles. The molecular weight excluding hydrogens is 188 g/mol. The molecule has 0 saturated heterocycles. The molecule has 2 rings (SSSR count). The van der Waals surface area contributed by atoms with E-state index in [-0.39, 0.29) is 5.75 Å². The fraction of sp³-hybridized carbons (Fsp3) is 0.167. The predicted molar refractivity (Wildman–Crippen MR) is 58.6 cm³/mol. The highest BCUT2D eigenvalue weighted by molar-refractivity contribution is 5.60. The molecule has 0 spiro atoms. The smallest absolute Gasteiger partial charge is 0.126 e. The van der Waals surface area contributed by atoms with E-state index in [9.17, 15) is 5.11 Å². The van der Waals surface area contributed by atoms with Crippen LogP contribution in [0.3, 0.4) is 0 Å². The summed E-state index contributed by atoms with van der Waals surface area (Å²) in [5.41, 5.74) is 2.83. The van der Waals surface area contributed by atoms with Gasteiger partial charge in [-0.1, -0.05) is 0 Å². The van der Waals surface area contributed by atoms with Crippen LogP contribution in [0.15, 0.2) is 30.3 Å². The largest absolute Gasteiger partial charge is 0.508 e. The molecule has 0 radical (unpaired) electrons. The Labute approximate surface area is 88.5 Å². The van der Waals surface area contributed by atoms with Gasteiger partial charge in [-0.05, 0) is 44.2 Å². The third-order valence-electron chi connectivity index (χ3n) is 2.13. The first kappa shape index (κ1) is 9.65. The van der Waals surface area contributed by atoms with Crippen molar-refractivity contribution in [1.29, 1.82) is 0 Å². The Bertz CT molecular complexity index is 457. The van der Waals surface area contributed by atoms with Gasteiger partial charge in [0.15, 0.2) is 0 Å². The Morgan fingerprint density at radius 3 is 2.27 bits per heavy atom. The van der Waals surface area contributed by atoms with Gasteiger partial charge >= 0.3 is 0 Å². The van der Waals surface area contributed by atoms with Crippen molar-refractivity contribution in [3.63, 3.8) is 0 Å². The van der Waals surface area contributed by atoms with E-state index in [0.29, 0.717) is 0 Å². The maximum Gasteiger partial charge on any atom is 0.126 e. The van der Waals surface area contributed by atoms with Crippen molar-refractivity contribution in [2.75, 3.05) is 0 Å². The molecule has 0 aliphatic carbocycles. The topological polar surface area (TPSA) is 46.0 Å². The molecule has 3 nitrogen and oxygen atoms in total. The number of phenols is 1. The van der Waals surface area contributed by atoms with Crippen LogP contribution >= 0.6 is 0 Å². The molecule has 2 aromatic rings. The van der Waals surface area contributed by atoms with Gasteiger partial charge in [-0.3, -0.25) is 0 Å². The van der Waals surface area contributed by atoms with Crippen molar-refractivity contribution in [2.45, 2.75) is 13.8 Å². The van der Waals surface area contributed by atoms with Gasteiger partial charge in [-0.25, -0.2) is 9.97 Å². The van der Waals surface area contributed by atoms with Crippen molar-refractivity contribution >= 4 is 0 Å². The summed E-state index contributed by atoms with van der Waals surface area (Å²) in [7, 11) is 0. The van der Waals surface area contributed by atoms with Crippen LogP contribution in [0.5, 0.6) is 5.75 Å². The number of aromatic hydroxyl groups is 1. The van der Waals surface area contributed by atoms with Crippen molar-refractivity contribution < 1.29 is 5.11 Å². The first-order chi connectivity index (χ1) is 7.15. The third kappa shape index (κ3) is 2.13. The van der Waals surface area contributed by atoms with E-state index in [4.69, 9.17) is 0 Å². The molecule has 1 aromatic carbocycles. The lowest BCUT2D eigenvalue weighted by Gasteiger charge is -2.03. The molecule has 0 amide bonds. The van der Waals surface area contributed by atoms with Crippen LogP contribution in [-0.2, 0) is 0 Å². The molecule has 0 atom stereocenters. The van der Waals surface area contributed by atoms with Crippen molar-refractivity contribution in [1.82, 2.24) is 9.97 Å². The van der Waals surface area contributed by atoms with Crippen LogP contribution in [0.25, 0.3) is 11.3 Å². The van der Waals surface area contributed by atoms with Gasteiger partial charge in [-0.2, -0.15) is 0 Å². The number of nitrogens with zero attached hydrogens (tertiary/aromatic N) is 2. The quantitative estimate of drug-likeness (QED) is 0.769. The zero-order chi connectivity index (χ0) is 10.8. The zero-order valence-corrected chi connectivity index (χ0v) is 8.73. The second-order valence-corrected chi connectivity index (χ2v) is 3.49. The molecule has 0 unspecified atom stereocenters. The SMILES string of the molecule is Cc1cc(-c2ccc(O)cc2)nc(C)n1. The van der Waals surface area contributed by atoms with E-state index in [1.54, 1.807) is 12.1 Å². The highest BCUT2D eigenvalue weighted by Crippen LogP contribution is 2.20. The van der Waals surface area contributed by atoms with E-state index in [0.717, 1.165) is 22.8 Å². The van der Waals surface area contributed by atoms with Gasteiger partial charge in [0.05, 0.1) is 5.69 Å². The average molecular weight is 200 g/mol. The molecule has 0 saturated carbocycles. The summed E-state index contributed by atoms with van der Waals surface area (Å²) in [6.07, 6.45) is 0. The number of aromatic nitrogens is 2. The molecular formula is C12H12N2O. The Balaban J connectivity index is 2.49. The summed E-state index contributed by atoms with van der Waals surface area (Å²) < 4.78 is 0. The van der Waals surface area contributed by atoms with E-state index in [2.05, 4.69) is 9.97 Å². The van der Waals surface area contributed by atoms with Gasteiger partial charge < -0.3 is 5.11 Å². The number of phenolic OH excluding ortho intramolecular Hbond substituents is 1. The van der Waals surface area contributed by atoms with E-state index in [1.807, 2.05) is 32.0 Å². The van der Waals surface area contributed by atoms with Crippen LogP contribution in [-0.4, -0.2) is 15.1 Å². The van der Waals surface area contributed by atoms with Crippen molar-refractivity contribution in [3.8, 4) is 17.0 Å². The number of hydrogen-bond donors (Lipinski definition) is 1. The number of hydrogen-bond acceptors (Lipinski definition) is 3. The zero-order valence-electron chi connectivity index (χ0n) is 8.73. The van der Waals surface area contributed by atoms with E-state index >= 15 is 0 Å². The van der Waals surface area contributed by atoms with Crippen LogP contribution in [0, 0.1) is 13.8 Å². The Hall–Kier alpha value is -1.90. The third-order valence-corrected chi connectivity index (χ3v) is 2.13. The molecule has 0 fully saturated rings. The lowest BCUT2D eigenvalue weighted by atomic mass is 10.1. The molecule has 76 valence electrons. The summed E-state index contributed by atoms with van der Waals surface area (Å²) in [6.45, 7) is 3.81. The average Bonchev–Trinajstić information content (AvgIpc) is 2.17. The summed E-state index contributed by atoms with van der Waals surface area (Å²) in [5, 5.41) is 9.18. The normalized spacial score (nSPS) is 10.3. The minimum absolute atomic E-state index is 0.265. The molecule has 15 heavy (non-hydrogen) atoms. The standard InChI is InChI=1S/C12H12N2O/c1-8-7-12(14-9(2)13-8)10-3-5-11(15)6-4-10/h3-7,15H,1-2H3. The van der Waals surface area contributed by atoms with Gasteiger partial charge in [0, 0.05) is 11.3 Å². The fourth-order valence-electron chi connectivity index (χ4n) is 1.50. The van der Waals surface area contributed by atoms with Crippen LogP contribution in [0.4, 0.5) is 0 Å². The lowest BCUT2D eigenvalue weighted by molar-refractivity contribution is 0.475. The molecule has 0 aliphatic heterocycles. The van der Waals surface area contributed by atoms with E-state index < -0.39 is 0 Å². The minimum Gasteiger partial charge on any atom is -0.508 e. The van der Waals surface area contributed by atoms with Gasteiger partial charge in [0.2, 0.25) is 0 Å². The van der Waals surface area contributed by atoms with Crippen LogP contribution in [0.2, 0.25) is 0 Å². The first-order valence-corrected chi connectivity index (χ1v) is 4.77. The number of benzene rings is 1. The molecule has 1 N–H and O–H groups in total. The van der Waals surface area contributed by atoms with Crippen molar-refractivity contribution in [3.05, 3.63) is 41.9 Å². The summed E-state index contributed by atoms with van der Waals surface area (Å²) in [4.78, 5) is 8.56. The molecule has 1 aromatic heterocycles. The maximum absolute atomic E-state index is 9.18. The summed E-state index contributed by atoms with van der Waals surface area (Å²) >= 11 is 0. The molecule has 0 bridgehead atoms. The fourth-order valence-corrected chi connectivity index (χ4v) is 1.50. The second kappa shape index (κ2) is 3.69. The highest BCUT2D eigenvalue weighted by Gasteiger charge is 2.01. The van der Waals surface area contributed by atoms with Gasteiger partial charge in [0.1, 0.15) is 11.6 Å². The predicted octanol–water partition coefficient (Wildman–Crippen LogP) is 2.47. The molecule has 3 heteroatoms. The van der Waals surface area contributed by atoms with Gasteiger partial charge in [-0.15, -0.1) is 0 Å². The van der Waals surface area contributed by atoms with Crippen LogP contribution < -0.4 is 0 Å². The Morgan fingerprint density at radius 2 is 1.67 bits per heavy atom. The number of rotatable bonds is 1. The maximum atomic E-state index is 9.18. The molecule has 0 aliphatic rings. The van der Waals surface area contributed by atoms with Crippen LogP contribution in [0.1, 0.15) is 11.5 Å². The minimum atomic E-state index is 0.265. The Morgan fingerprint density at radius 1 is 1.00 bits per heavy atom. The number of aryl methyl sites for hydroxylation is 2. The Kier molecular flexibility index (Phi) is 2.37. The highest BCUT2D eigenvalue weighted by atomic mass is 16.3. The van der Waals surface area contributed by atoms with Gasteiger partial charge in [0.25, 0.3) is 0 Å². The van der Waals surface area contributed by atoms with Crippen molar-refractivity contribution in [2.24, 2.45) is 0 Å². The second-order valence-electron chi connectivity index (χ2n) is 3.49. The monoisotopic (exact) mass is 200 g/mol. The van der Waals surface area contributed by atoms with E-state index in [1.165, 1.54) is 0 Å². The first-order valence-electron chi connectivity index (χ1n) is 4.77.